The normalized spacial score (nSPS) is 13.8. The van der Waals surface area contributed by atoms with Gasteiger partial charge in [0.25, 0.3) is 0 Å². The molecule has 0 radical (unpaired) electrons. The van der Waals surface area contributed by atoms with Crippen molar-refractivity contribution < 1.29 is 19.1 Å². The number of nitrogens with one attached hydrogen (secondary N) is 1. The van der Waals surface area contributed by atoms with Crippen molar-refractivity contribution in [1.29, 1.82) is 0 Å². The SMILES string of the molecule is O=C(O)c1cc(-c2nc3cc(NC(=O)C4CC4)ccc3o2)ccn1. The number of carbonyl (C=O) groups excluding carboxylic acids is 1. The Morgan fingerprint density at radius 1 is 1.21 bits per heavy atom. The zero-order valence-corrected chi connectivity index (χ0v) is 12.5. The molecule has 2 heterocycles. The molecule has 4 rings (SSSR count). The third-order valence-corrected chi connectivity index (χ3v) is 3.83. The molecule has 1 fully saturated rings. The summed E-state index contributed by atoms with van der Waals surface area (Å²) in [5, 5.41) is 11.9. The number of hydrogen-bond donors (Lipinski definition) is 2. The molecule has 24 heavy (non-hydrogen) atoms. The van der Waals surface area contributed by atoms with E-state index in [1.165, 1.54) is 12.3 Å². The lowest BCUT2D eigenvalue weighted by Crippen LogP contribution is -2.12. The molecule has 0 unspecified atom stereocenters. The smallest absolute Gasteiger partial charge is 0.354 e. The van der Waals surface area contributed by atoms with Gasteiger partial charge in [-0.1, -0.05) is 0 Å². The molecule has 7 nitrogen and oxygen atoms in total. The summed E-state index contributed by atoms with van der Waals surface area (Å²) in [6.07, 6.45) is 3.28. The average molecular weight is 323 g/mol. The van der Waals surface area contributed by atoms with Crippen molar-refractivity contribution in [3.05, 3.63) is 42.2 Å². The predicted octanol–water partition coefficient (Wildman–Crippen LogP) is 2.94. The summed E-state index contributed by atoms with van der Waals surface area (Å²) in [6, 6.07) is 8.26. The number of nitrogens with zero attached hydrogens (tertiary/aromatic N) is 2. The Kier molecular flexibility index (Phi) is 3.26. The number of hydrogen-bond acceptors (Lipinski definition) is 5. The van der Waals surface area contributed by atoms with Crippen molar-refractivity contribution in [2.45, 2.75) is 12.8 Å². The molecule has 1 amide bonds. The van der Waals surface area contributed by atoms with E-state index in [1.54, 1.807) is 24.3 Å². The number of carboxylic acids is 1. The van der Waals surface area contributed by atoms with Gasteiger partial charge in [0.2, 0.25) is 11.8 Å². The van der Waals surface area contributed by atoms with Crippen molar-refractivity contribution in [3.63, 3.8) is 0 Å². The second-order valence-corrected chi connectivity index (χ2v) is 5.70. The minimum absolute atomic E-state index is 0.0262. The molecule has 0 atom stereocenters. The lowest BCUT2D eigenvalue weighted by molar-refractivity contribution is -0.117. The Bertz CT molecular complexity index is 959. The maximum absolute atomic E-state index is 11.8. The van der Waals surface area contributed by atoms with Crippen molar-refractivity contribution >= 4 is 28.7 Å². The van der Waals surface area contributed by atoms with Gasteiger partial charge in [-0.15, -0.1) is 0 Å². The summed E-state index contributed by atoms with van der Waals surface area (Å²) < 4.78 is 5.66. The van der Waals surface area contributed by atoms with Crippen LogP contribution in [0.2, 0.25) is 0 Å². The van der Waals surface area contributed by atoms with E-state index in [2.05, 4.69) is 15.3 Å². The number of aromatic nitrogens is 2. The quantitative estimate of drug-likeness (QED) is 0.764. The highest BCUT2D eigenvalue weighted by Crippen LogP contribution is 2.31. The van der Waals surface area contributed by atoms with Gasteiger partial charge in [-0.2, -0.15) is 0 Å². The van der Waals surface area contributed by atoms with Crippen LogP contribution in [0.4, 0.5) is 5.69 Å². The van der Waals surface area contributed by atoms with Crippen molar-refractivity contribution in [3.8, 4) is 11.5 Å². The van der Waals surface area contributed by atoms with Gasteiger partial charge in [0.1, 0.15) is 11.2 Å². The highest BCUT2D eigenvalue weighted by Gasteiger charge is 2.29. The summed E-state index contributed by atoms with van der Waals surface area (Å²) in [7, 11) is 0. The first-order valence-corrected chi connectivity index (χ1v) is 7.51. The first-order chi connectivity index (χ1) is 11.6. The van der Waals surface area contributed by atoms with Crippen LogP contribution in [0, 0.1) is 5.92 Å². The third-order valence-electron chi connectivity index (χ3n) is 3.83. The Balaban J connectivity index is 1.66. The van der Waals surface area contributed by atoms with Crippen molar-refractivity contribution in [2.75, 3.05) is 5.32 Å². The zero-order chi connectivity index (χ0) is 16.7. The van der Waals surface area contributed by atoms with E-state index in [1.807, 2.05) is 0 Å². The van der Waals surface area contributed by atoms with Gasteiger partial charge in [-0.25, -0.2) is 14.8 Å². The molecular weight excluding hydrogens is 310 g/mol. The second-order valence-electron chi connectivity index (χ2n) is 5.70. The average Bonchev–Trinajstić information content (AvgIpc) is 3.34. The van der Waals surface area contributed by atoms with Gasteiger partial charge < -0.3 is 14.8 Å². The number of carbonyl (C=O) groups is 2. The molecule has 1 aliphatic rings. The summed E-state index contributed by atoms with van der Waals surface area (Å²) in [4.78, 5) is 31.0. The van der Waals surface area contributed by atoms with Crippen LogP contribution in [-0.2, 0) is 4.79 Å². The predicted molar refractivity (Wildman–Crippen MR) is 85.6 cm³/mol. The fourth-order valence-electron chi connectivity index (χ4n) is 2.40. The van der Waals surface area contributed by atoms with Crippen LogP contribution in [0.1, 0.15) is 23.3 Å². The van der Waals surface area contributed by atoms with Gasteiger partial charge in [-0.3, -0.25) is 4.79 Å². The summed E-state index contributed by atoms with van der Waals surface area (Å²) in [5.41, 5.74) is 2.27. The highest BCUT2D eigenvalue weighted by atomic mass is 16.4. The van der Waals surface area contributed by atoms with E-state index in [4.69, 9.17) is 9.52 Å². The van der Waals surface area contributed by atoms with E-state index >= 15 is 0 Å². The van der Waals surface area contributed by atoms with Crippen LogP contribution < -0.4 is 5.32 Å². The Labute approximate surface area is 136 Å². The number of pyridine rings is 1. The first kappa shape index (κ1) is 14.4. The molecule has 1 saturated carbocycles. The molecule has 0 spiro atoms. The van der Waals surface area contributed by atoms with Crippen LogP contribution >= 0.6 is 0 Å². The fraction of sp³-hybridized carbons (Fsp3) is 0.176. The Morgan fingerprint density at radius 2 is 2.04 bits per heavy atom. The number of anilines is 1. The molecule has 120 valence electrons. The number of oxazole rings is 1. The van der Waals surface area contributed by atoms with Gasteiger partial charge in [0, 0.05) is 23.4 Å². The summed E-state index contributed by atoms with van der Waals surface area (Å²) >= 11 is 0. The first-order valence-electron chi connectivity index (χ1n) is 7.51. The number of rotatable bonds is 4. The monoisotopic (exact) mass is 323 g/mol. The topological polar surface area (TPSA) is 105 Å². The number of amides is 1. The maximum Gasteiger partial charge on any atom is 0.354 e. The van der Waals surface area contributed by atoms with Gasteiger partial charge in [0.05, 0.1) is 0 Å². The van der Waals surface area contributed by atoms with Crippen LogP contribution in [0.5, 0.6) is 0 Å². The Morgan fingerprint density at radius 3 is 2.79 bits per heavy atom. The van der Waals surface area contributed by atoms with Gasteiger partial charge in [-0.05, 0) is 43.2 Å². The van der Waals surface area contributed by atoms with E-state index in [9.17, 15) is 9.59 Å². The van der Waals surface area contributed by atoms with Crippen molar-refractivity contribution in [1.82, 2.24) is 9.97 Å². The second kappa shape index (κ2) is 5.45. The van der Waals surface area contributed by atoms with Crippen LogP contribution in [0.3, 0.4) is 0 Å². The zero-order valence-electron chi connectivity index (χ0n) is 12.5. The van der Waals surface area contributed by atoms with Gasteiger partial charge in [0.15, 0.2) is 5.58 Å². The third kappa shape index (κ3) is 2.71. The Hall–Kier alpha value is -3.22. The largest absolute Gasteiger partial charge is 0.477 e. The fourth-order valence-corrected chi connectivity index (χ4v) is 2.40. The molecule has 1 aliphatic carbocycles. The maximum atomic E-state index is 11.8. The molecule has 0 bridgehead atoms. The molecule has 1 aromatic carbocycles. The van der Waals surface area contributed by atoms with Crippen molar-refractivity contribution in [2.24, 2.45) is 5.92 Å². The summed E-state index contributed by atoms with van der Waals surface area (Å²) in [5.74, 6) is -0.656. The number of carboxylic acid groups (broad SMARTS) is 1. The number of aromatic carboxylic acids is 1. The summed E-state index contributed by atoms with van der Waals surface area (Å²) in [6.45, 7) is 0. The standard InChI is InChI=1S/C17H13N3O4/c21-15(9-1-2-9)19-11-3-4-14-12(8-11)20-16(24-14)10-5-6-18-13(7-10)17(22)23/h3-9H,1-2H2,(H,19,21)(H,22,23). The highest BCUT2D eigenvalue weighted by molar-refractivity contribution is 5.95. The molecule has 2 aromatic heterocycles. The van der Waals surface area contributed by atoms with E-state index in [-0.39, 0.29) is 17.5 Å². The minimum Gasteiger partial charge on any atom is -0.477 e. The lowest BCUT2D eigenvalue weighted by Gasteiger charge is -2.02. The number of fused-ring (bicyclic) bond motifs is 1. The molecule has 0 aliphatic heterocycles. The van der Waals surface area contributed by atoms with E-state index in [0.29, 0.717) is 28.2 Å². The van der Waals surface area contributed by atoms with E-state index < -0.39 is 5.97 Å². The molecular formula is C17H13N3O4. The van der Waals surface area contributed by atoms with Crippen LogP contribution in [0.15, 0.2) is 40.9 Å². The minimum atomic E-state index is -1.11. The van der Waals surface area contributed by atoms with E-state index in [0.717, 1.165) is 12.8 Å². The van der Waals surface area contributed by atoms with Crippen LogP contribution in [0.25, 0.3) is 22.6 Å². The molecule has 3 aromatic rings. The molecule has 0 saturated heterocycles. The molecule has 7 heteroatoms. The molecule has 2 N–H and O–H groups in total. The van der Waals surface area contributed by atoms with Gasteiger partial charge >= 0.3 is 5.97 Å². The number of benzene rings is 1. The van der Waals surface area contributed by atoms with Crippen LogP contribution in [-0.4, -0.2) is 27.0 Å². The lowest BCUT2D eigenvalue weighted by atomic mass is 10.2.